The molecule has 21 heavy (non-hydrogen) atoms. The summed E-state index contributed by atoms with van der Waals surface area (Å²) >= 11 is 0. The van der Waals surface area contributed by atoms with Crippen molar-refractivity contribution < 1.29 is 4.79 Å². The first kappa shape index (κ1) is 13.8. The summed E-state index contributed by atoms with van der Waals surface area (Å²) in [5.41, 5.74) is 1.59. The van der Waals surface area contributed by atoms with E-state index in [4.69, 9.17) is 0 Å². The molecule has 1 unspecified atom stereocenters. The number of hydrogen-bond acceptors (Lipinski definition) is 4. The minimum absolute atomic E-state index is 0.0521. The number of piperidine rings is 1. The second-order valence-electron chi connectivity index (χ2n) is 5.33. The molecule has 1 saturated heterocycles. The third-order valence-electron chi connectivity index (χ3n) is 3.72. The largest absolute Gasteiger partial charge is 0.324 e. The average molecular weight is 285 g/mol. The molecule has 1 aromatic carbocycles. The predicted molar refractivity (Wildman–Crippen MR) is 80.2 cm³/mol. The predicted octanol–water partition coefficient (Wildman–Crippen LogP) is 1.60. The highest BCUT2D eigenvalue weighted by Gasteiger charge is 2.17. The molecular formula is C15H19N5O. The lowest BCUT2D eigenvalue weighted by Crippen LogP contribution is -2.32. The van der Waals surface area contributed by atoms with E-state index >= 15 is 0 Å². The van der Waals surface area contributed by atoms with Crippen molar-refractivity contribution in [1.82, 2.24) is 20.3 Å². The van der Waals surface area contributed by atoms with Crippen LogP contribution in [-0.2, 0) is 4.79 Å². The lowest BCUT2D eigenvalue weighted by atomic mass is 9.96. The van der Waals surface area contributed by atoms with Crippen LogP contribution in [0.4, 0.5) is 5.69 Å². The van der Waals surface area contributed by atoms with Crippen LogP contribution in [0.3, 0.4) is 0 Å². The number of amides is 1. The van der Waals surface area contributed by atoms with E-state index in [0.717, 1.165) is 37.3 Å². The van der Waals surface area contributed by atoms with Crippen molar-refractivity contribution in [1.29, 1.82) is 0 Å². The number of nitrogens with one attached hydrogen (secondary N) is 2. The molecule has 110 valence electrons. The quantitative estimate of drug-likeness (QED) is 0.895. The van der Waals surface area contributed by atoms with Gasteiger partial charge in [0.05, 0.1) is 23.8 Å². The number of rotatable bonds is 4. The average Bonchev–Trinajstić information content (AvgIpc) is 3.03. The number of benzene rings is 1. The van der Waals surface area contributed by atoms with Crippen LogP contribution < -0.4 is 10.6 Å². The number of aromatic nitrogens is 3. The number of carbonyl (C=O) groups excluding carboxylic acids is 1. The van der Waals surface area contributed by atoms with Crippen molar-refractivity contribution >= 4 is 11.6 Å². The first-order valence-electron chi connectivity index (χ1n) is 7.29. The topological polar surface area (TPSA) is 71.8 Å². The lowest BCUT2D eigenvalue weighted by Gasteiger charge is -2.22. The summed E-state index contributed by atoms with van der Waals surface area (Å²) in [6.45, 7) is 1.99. The van der Waals surface area contributed by atoms with Crippen molar-refractivity contribution in [2.45, 2.75) is 19.3 Å². The van der Waals surface area contributed by atoms with Crippen LogP contribution in [0.25, 0.3) is 5.69 Å². The molecule has 2 heterocycles. The molecule has 2 N–H and O–H groups in total. The minimum Gasteiger partial charge on any atom is -0.324 e. The fraction of sp³-hybridized carbons (Fsp3) is 0.400. The number of para-hydroxylation sites is 2. The molecule has 1 aromatic heterocycles. The first-order valence-corrected chi connectivity index (χ1v) is 7.29. The Hall–Kier alpha value is -2.21. The summed E-state index contributed by atoms with van der Waals surface area (Å²) in [6.07, 6.45) is 6.19. The third kappa shape index (κ3) is 3.46. The van der Waals surface area contributed by atoms with E-state index in [2.05, 4.69) is 20.9 Å². The second kappa shape index (κ2) is 6.49. The molecule has 3 rings (SSSR count). The zero-order valence-electron chi connectivity index (χ0n) is 11.8. The summed E-state index contributed by atoms with van der Waals surface area (Å²) in [5.74, 6) is 0.480. The summed E-state index contributed by atoms with van der Waals surface area (Å²) in [7, 11) is 0. The number of anilines is 1. The Morgan fingerprint density at radius 2 is 2.33 bits per heavy atom. The van der Waals surface area contributed by atoms with E-state index in [1.54, 1.807) is 17.1 Å². The van der Waals surface area contributed by atoms with E-state index < -0.39 is 0 Å². The maximum absolute atomic E-state index is 12.2. The van der Waals surface area contributed by atoms with E-state index in [1.807, 2.05) is 24.3 Å². The standard InChI is InChI=1S/C15H19N5O/c21-15(10-12-4-3-7-16-11-12)18-13-5-1-2-6-14(13)20-9-8-17-19-20/h1-2,5-6,8-9,12,16H,3-4,7,10-11H2,(H,18,21). The fourth-order valence-electron chi connectivity index (χ4n) is 2.68. The number of nitrogens with zero attached hydrogens (tertiary/aromatic N) is 3. The molecule has 1 aliphatic rings. The van der Waals surface area contributed by atoms with Gasteiger partial charge in [0.25, 0.3) is 0 Å². The highest BCUT2D eigenvalue weighted by Crippen LogP contribution is 2.20. The molecule has 1 aliphatic heterocycles. The molecule has 0 aliphatic carbocycles. The molecule has 1 amide bonds. The van der Waals surface area contributed by atoms with Gasteiger partial charge in [0, 0.05) is 6.42 Å². The first-order chi connectivity index (χ1) is 10.3. The maximum atomic E-state index is 12.2. The van der Waals surface area contributed by atoms with Gasteiger partial charge in [-0.05, 0) is 44.0 Å². The number of hydrogen-bond donors (Lipinski definition) is 2. The normalized spacial score (nSPS) is 18.4. The van der Waals surface area contributed by atoms with Crippen molar-refractivity contribution in [3.8, 4) is 5.69 Å². The molecule has 1 atom stereocenters. The fourth-order valence-corrected chi connectivity index (χ4v) is 2.68. The van der Waals surface area contributed by atoms with Gasteiger partial charge in [-0.2, -0.15) is 0 Å². The monoisotopic (exact) mass is 285 g/mol. The van der Waals surface area contributed by atoms with Crippen LogP contribution >= 0.6 is 0 Å². The molecule has 6 heteroatoms. The van der Waals surface area contributed by atoms with Crippen LogP contribution in [-0.4, -0.2) is 34.0 Å². The van der Waals surface area contributed by atoms with Gasteiger partial charge in [0.15, 0.2) is 0 Å². The van der Waals surface area contributed by atoms with Gasteiger partial charge in [-0.1, -0.05) is 17.3 Å². The van der Waals surface area contributed by atoms with E-state index in [-0.39, 0.29) is 5.91 Å². The maximum Gasteiger partial charge on any atom is 0.224 e. The van der Waals surface area contributed by atoms with Crippen LogP contribution in [0.15, 0.2) is 36.7 Å². The minimum atomic E-state index is 0.0521. The van der Waals surface area contributed by atoms with Gasteiger partial charge < -0.3 is 10.6 Å². The molecule has 2 aromatic rings. The van der Waals surface area contributed by atoms with Crippen molar-refractivity contribution in [2.24, 2.45) is 5.92 Å². The van der Waals surface area contributed by atoms with Gasteiger partial charge in [-0.25, -0.2) is 4.68 Å². The number of carbonyl (C=O) groups is 1. The Balaban J connectivity index is 1.68. The van der Waals surface area contributed by atoms with Crippen LogP contribution in [0.1, 0.15) is 19.3 Å². The molecule has 0 saturated carbocycles. The highest BCUT2D eigenvalue weighted by atomic mass is 16.1. The molecule has 0 spiro atoms. The van der Waals surface area contributed by atoms with Gasteiger partial charge in [0.2, 0.25) is 5.91 Å². The Bertz CT molecular complexity index is 590. The zero-order valence-corrected chi connectivity index (χ0v) is 11.8. The van der Waals surface area contributed by atoms with Crippen molar-refractivity contribution in [3.63, 3.8) is 0 Å². The third-order valence-corrected chi connectivity index (χ3v) is 3.72. The van der Waals surface area contributed by atoms with Gasteiger partial charge in [-0.3, -0.25) is 4.79 Å². The van der Waals surface area contributed by atoms with E-state index in [9.17, 15) is 4.79 Å². The zero-order chi connectivity index (χ0) is 14.5. The summed E-state index contributed by atoms with van der Waals surface area (Å²) in [6, 6.07) is 7.61. The molecule has 1 fully saturated rings. The van der Waals surface area contributed by atoms with Gasteiger partial charge in [0.1, 0.15) is 0 Å². The Labute approximate surface area is 123 Å². The summed E-state index contributed by atoms with van der Waals surface area (Å²) in [4.78, 5) is 12.2. The van der Waals surface area contributed by atoms with Gasteiger partial charge >= 0.3 is 0 Å². The van der Waals surface area contributed by atoms with Crippen LogP contribution in [0.5, 0.6) is 0 Å². The van der Waals surface area contributed by atoms with E-state index in [1.165, 1.54) is 0 Å². The molecule has 0 bridgehead atoms. The Morgan fingerprint density at radius 3 is 3.10 bits per heavy atom. The molecule has 6 nitrogen and oxygen atoms in total. The summed E-state index contributed by atoms with van der Waals surface area (Å²) < 4.78 is 1.65. The molecular weight excluding hydrogens is 266 g/mol. The van der Waals surface area contributed by atoms with Crippen molar-refractivity contribution in [2.75, 3.05) is 18.4 Å². The van der Waals surface area contributed by atoms with E-state index in [0.29, 0.717) is 12.3 Å². The highest BCUT2D eigenvalue weighted by molar-refractivity contribution is 5.92. The van der Waals surface area contributed by atoms with Gasteiger partial charge in [-0.15, -0.1) is 5.10 Å². The van der Waals surface area contributed by atoms with Crippen LogP contribution in [0, 0.1) is 5.92 Å². The summed E-state index contributed by atoms with van der Waals surface area (Å²) in [5, 5.41) is 14.1. The van der Waals surface area contributed by atoms with Crippen molar-refractivity contribution in [3.05, 3.63) is 36.7 Å². The second-order valence-corrected chi connectivity index (χ2v) is 5.33. The SMILES string of the molecule is O=C(CC1CCCNC1)Nc1ccccc1-n1ccnn1. The van der Waals surface area contributed by atoms with Crippen LogP contribution in [0.2, 0.25) is 0 Å². The lowest BCUT2D eigenvalue weighted by molar-refractivity contribution is -0.117. The smallest absolute Gasteiger partial charge is 0.224 e. The Morgan fingerprint density at radius 1 is 1.43 bits per heavy atom. The molecule has 0 radical (unpaired) electrons. The Kier molecular flexibility index (Phi) is 4.25.